The number of aliphatic hydroxyl groups excluding tert-OH is 1. The molecule has 2 heteroatoms. The highest BCUT2D eigenvalue weighted by Crippen LogP contribution is 2.22. The van der Waals surface area contributed by atoms with Crippen molar-refractivity contribution >= 4 is 0 Å². The number of fused-ring (bicyclic) bond motifs is 1. The molecule has 0 fully saturated rings. The molecule has 2 atom stereocenters. The van der Waals surface area contributed by atoms with Crippen LogP contribution in [0.2, 0.25) is 0 Å². The first-order valence-corrected chi connectivity index (χ1v) is 6.14. The van der Waals surface area contributed by atoms with Crippen molar-refractivity contribution < 1.29 is 5.11 Å². The fourth-order valence-electron chi connectivity index (χ4n) is 2.37. The molecule has 0 aromatic heterocycles. The van der Waals surface area contributed by atoms with Gasteiger partial charge in [0, 0.05) is 18.7 Å². The summed E-state index contributed by atoms with van der Waals surface area (Å²) in [5, 5.41) is 12.7. The Hall–Kier alpha value is -0.860. The lowest BCUT2D eigenvalue weighted by molar-refractivity contribution is 0.201. The molecule has 2 nitrogen and oxygen atoms in total. The molecule has 88 valence electrons. The maximum atomic E-state index is 9.11. The van der Waals surface area contributed by atoms with Gasteiger partial charge in [-0.05, 0) is 36.8 Å². The van der Waals surface area contributed by atoms with E-state index in [-0.39, 0.29) is 6.61 Å². The maximum absolute atomic E-state index is 9.11. The molecule has 0 heterocycles. The Morgan fingerprint density at radius 1 is 1.25 bits per heavy atom. The maximum Gasteiger partial charge on any atom is 0.0471 e. The molecule has 1 aromatic carbocycles. The van der Waals surface area contributed by atoms with Crippen LogP contribution in [-0.2, 0) is 12.8 Å². The molecule has 2 rings (SSSR count). The monoisotopic (exact) mass is 219 g/mol. The van der Waals surface area contributed by atoms with Gasteiger partial charge in [0.25, 0.3) is 0 Å². The Bertz CT molecular complexity index is 325. The summed E-state index contributed by atoms with van der Waals surface area (Å²) in [6.07, 6.45) is 2.25. The largest absolute Gasteiger partial charge is 0.396 e. The van der Waals surface area contributed by atoms with Crippen molar-refractivity contribution in [3.8, 4) is 0 Å². The summed E-state index contributed by atoms with van der Waals surface area (Å²) in [4.78, 5) is 0. The second-order valence-electron chi connectivity index (χ2n) is 4.99. The van der Waals surface area contributed by atoms with Crippen LogP contribution in [0.3, 0.4) is 0 Å². The van der Waals surface area contributed by atoms with E-state index in [0.717, 1.165) is 12.8 Å². The fraction of sp³-hybridized carbons (Fsp3) is 0.571. The number of aliphatic hydroxyl groups is 1. The molecule has 0 amide bonds. The van der Waals surface area contributed by atoms with Crippen molar-refractivity contribution in [2.24, 2.45) is 5.92 Å². The first kappa shape index (κ1) is 11.6. The van der Waals surface area contributed by atoms with Crippen LogP contribution in [0.4, 0.5) is 0 Å². The van der Waals surface area contributed by atoms with E-state index in [4.69, 9.17) is 5.11 Å². The number of rotatable bonds is 4. The highest BCUT2D eigenvalue weighted by molar-refractivity contribution is 5.33. The third-order valence-corrected chi connectivity index (χ3v) is 3.69. The van der Waals surface area contributed by atoms with Gasteiger partial charge in [0.2, 0.25) is 0 Å². The predicted molar refractivity (Wildman–Crippen MR) is 66.5 cm³/mol. The van der Waals surface area contributed by atoms with Crippen LogP contribution >= 0.6 is 0 Å². The van der Waals surface area contributed by atoms with Gasteiger partial charge in [-0.15, -0.1) is 0 Å². The quantitative estimate of drug-likeness (QED) is 0.809. The predicted octanol–water partition coefficient (Wildman–Crippen LogP) is 1.76. The van der Waals surface area contributed by atoms with E-state index >= 15 is 0 Å². The summed E-state index contributed by atoms with van der Waals surface area (Å²) in [5.41, 5.74) is 2.95. The van der Waals surface area contributed by atoms with Crippen LogP contribution < -0.4 is 5.32 Å². The van der Waals surface area contributed by atoms with Crippen molar-refractivity contribution in [1.29, 1.82) is 0 Å². The molecule has 0 saturated heterocycles. The topological polar surface area (TPSA) is 32.3 Å². The third kappa shape index (κ3) is 2.45. The average molecular weight is 219 g/mol. The molecule has 0 radical (unpaired) electrons. The van der Waals surface area contributed by atoms with Gasteiger partial charge < -0.3 is 10.4 Å². The van der Waals surface area contributed by atoms with E-state index in [0.29, 0.717) is 18.0 Å². The van der Waals surface area contributed by atoms with Crippen molar-refractivity contribution in [3.63, 3.8) is 0 Å². The van der Waals surface area contributed by atoms with Crippen molar-refractivity contribution in [1.82, 2.24) is 5.32 Å². The van der Waals surface area contributed by atoms with E-state index in [9.17, 15) is 0 Å². The fourth-order valence-corrected chi connectivity index (χ4v) is 2.37. The molecular formula is C14H21NO. The Morgan fingerprint density at radius 2 is 1.81 bits per heavy atom. The second-order valence-corrected chi connectivity index (χ2v) is 4.99. The molecule has 16 heavy (non-hydrogen) atoms. The molecule has 1 aliphatic carbocycles. The van der Waals surface area contributed by atoms with Gasteiger partial charge in [-0.25, -0.2) is 0 Å². The first-order chi connectivity index (χ1) is 7.70. The summed E-state index contributed by atoms with van der Waals surface area (Å²) in [6.45, 7) is 4.50. The summed E-state index contributed by atoms with van der Waals surface area (Å²) < 4.78 is 0. The zero-order chi connectivity index (χ0) is 11.5. The van der Waals surface area contributed by atoms with Crippen LogP contribution in [0.5, 0.6) is 0 Å². The molecule has 1 aliphatic rings. The van der Waals surface area contributed by atoms with Gasteiger partial charge in [-0.3, -0.25) is 0 Å². The molecule has 0 spiro atoms. The van der Waals surface area contributed by atoms with Crippen molar-refractivity contribution in [2.45, 2.75) is 38.8 Å². The van der Waals surface area contributed by atoms with Crippen molar-refractivity contribution in [3.05, 3.63) is 35.4 Å². The number of benzene rings is 1. The van der Waals surface area contributed by atoms with Crippen LogP contribution in [0, 0.1) is 5.92 Å². The second kappa shape index (κ2) is 4.98. The van der Waals surface area contributed by atoms with E-state index in [1.165, 1.54) is 11.1 Å². The van der Waals surface area contributed by atoms with E-state index < -0.39 is 0 Å². The summed E-state index contributed by atoms with van der Waals surface area (Å²) in [5.74, 6) is 0.323. The Labute approximate surface area is 97.7 Å². The van der Waals surface area contributed by atoms with Crippen LogP contribution in [0.25, 0.3) is 0 Å². The van der Waals surface area contributed by atoms with E-state index in [1.807, 2.05) is 0 Å². The Kier molecular flexibility index (Phi) is 3.62. The lowest BCUT2D eigenvalue weighted by Gasteiger charge is -2.23. The van der Waals surface area contributed by atoms with Crippen LogP contribution in [0.1, 0.15) is 25.0 Å². The minimum Gasteiger partial charge on any atom is -0.396 e. The SMILES string of the molecule is CC(CO)C(C)NC1Cc2ccccc2C1. The van der Waals surface area contributed by atoms with Crippen LogP contribution in [0.15, 0.2) is 24.3 Å². The molecule has 2 N–H and O–H groups in total. The van der Waals surface area contributed by atoms with E-state index in [2.05, 4.69) is 43.4 Å². The van der Waals surface area contributed by atoms with Gasteiger partial charge in [0.15, 0.2) is 0 Å². The minimum absolute atomic E-state index is 0.258. The third-order valence-electron chi connectivity index (χ3n) is 3.69. The molecule has 1 aromatic rings. The molecule has 0 saturated carbocycles. The van der Waals surface area contributed by atoms with Gasteiger partial charge in [0.05, 0.1) is 0 Å². The molecule has 0 aliphatic heterocycles. The van der Waals surface area contributed by atoms with Crippen LogP contribution in [-0.4, -0.2) is 23.8 Å². The summed E-state index contributed by atoms with van der Waals surface area (Å²) >= 11 is 0. The zero-order valence-corrected chi connectivity index (χ0v) is 10.1. The highest BCUT2D eigenvalue weighted by Gasteiger charge is 2.23. The number of nitrogens with one attached hydrogen (secondary N) is 1. The standard InChI is InChI=1S/C14H21NO/c1-10(9-16)11(2)15-14-7-12-5-3-4-6-13(12)8-14/h3-6,10-11,14-16H,7-9H2,1-2H3. The van der Waals surface area contributed by atoms with Gasteiger partial charge in [-0.2, -0.15) is 0 Å². The molecule has 2 unspecified atom stereocenters. The summed E-state index contributed by atoms with van der Waals surface area (Å²) in [7, 11) is 0. The number of hydrogen-bond acceptors (Lipinski definition) is 2. The Morgan fingerprint density at radius 3 is 2.31 bits per heavy atom. The highest BCUT2D eigenvalue weighted by atomic mass is 16.3. The molecular weight excluding hydrogens is 198 g/mol. The average Bonchev–Trinajstić information content (AvgIpc) is 2.69. The zero-order valence-electron chi connectivity index (χ0n) is 10.1. The first-order valence-electron chi connectivity index (χ1n) is 6.14. The number of hydrogen-bond donors (Lipinski definition) is 2. The van der Waals surface area contributed by atoms with Gasteiger partial charge >= 0.3 is 0 Å². The minimum atomic E-state index is 0.258. The summed E-state index contributed by atoms with van der Waals surface area (Å²) in [6, 6.07) is 9.58. The lowest BCUT2D eigenvalue weighted by atomic mass is 10.0. The van der Waals surface area contributed by atoms with E-state index in [1.54, 1.807) is 0 Å². The lowest BCUT2D eigenvalue weighted by Crippen LogP contribution is -2.41. The Balaban J connectivity index is 1.92. The smallest absolute Gasteiger partial charge is 0.0471 e. The van der Waals surface area contributed by atoms with Crippen molar-refractivity contribution in [2.75, 3.05) is 6.61 Å². The van der Waals surface area contributed by atoms with Gasteiger partial charge in [0.1, 0.15) is 0 Å². The normalized spacial score (nSPS) is 19.4. The molecule has 0 bridgehead atoms. The van der Waals surface area contributed by atoms with Gasteiger partial charge in [-0.1, -0.05) is 31.2 Å².